The number of thiophene rings is 1. The van der Waals surface area contributed by atoms with Crippen molar-refractivity contribution in [3.63, 3.8) is 0 Å². The largest absolute Gasteiger partial charge is 0.318 e. The minimum absolute atomic E-state index is 0.167. The highest BCUT2D eigenvalue weighted by molar-refractivity contribution is 7.18. The number of hydrogen-bond donors (Lipinski definition) is 2. The van der Waals surface area contributed by atoms with Gasteiger partial charge >= 0.3 is 0 Å². The molecule has 1 heterocycles. The average Bonchev–Trinajstić information content (AvgIpc) is 2.87. The molecule has 0 unspecified atom stereocenters. The van der Waals surface area contributed by atoms with Gasteiger partial charge in [-0.2, -0.15) is 0 Å². The third-order valence-corrected chi connectivity index (χ3v) is 3.37. The zero-order valence-corrected chi connectivity index (χ0v) is 11.7. The van der Waals surface area contributed by atoms with Crippen LogP contribution in [-0.4, -0.2) is 11.8 Å². The SMILES string of the molecule is CC(=O)Nc1ccc(C(=O)NOCc2ccccc2)s1. The summed E-state index contributed by atoms with van der Waals surface area (Å²) in [5.74, 6) is -0.498. The Morgan fingerprint density at radius 1 is 1.15 bits per heavy atom. The molecule has 0 radical (unpaired) electrons. The Bertz CT molecular complexity index is 595. The molecule has 0 bridgehead atoms. The van der Waals surface area contributed by atoms with Crippen molar-refractivity contribution in [1.29, 1.82) is 0 Å². The Labute approximate surface area is 120 Å². The van der Waals surface area contributed by atoms with Gasteiger partial charge < -0.3 is 5.32 Å². The molecule has 0 saturated carbocycles. The maximum Gasteiger partial charge on any atom is 0.284 e. The molecule has 0 atom stereocenters. The lowest BCUT2D eigenvalue weighted by molar-refractivity contribution is -0.114. The van der Waals surface area contributed by atoms with Crippen LogP contribution in [0.4, 0.5) is 5.00 Å². The van der Waals surface area contributed by atoms with Crippen LogP contribution in [0.5, 0.6) is 0 Å². The van der Waals surface area contributed by atoms with E-state index in [2.05, 4.69) is 10.8 Å². The van der Waals surface area contributed by atoms with Crippen molar-refractivity contribution in [2.45, 2.75) is 13.5 Å². The fourth-order valence-electron chi connectivity index (χ4n) is 1.51. The molecule has 0 spiro atoms. The van der Waals surface area contributed by atoms with Crippen molar-refractivity contribution in [1.82, 2.24) is 5.48 Å². The maximum absolute atomic E-state index is 11.8. The Hall–Kier alpha value is -2.18. The first-order chi connectivity index (χ1) is 9.65. The van der Waals surface area contributed by atoms with Crippen molar-refractivity contribution in [2.75, 3.05) is 5.32 Å². The van der Waals surface area contributed by atoms with Crippen LogP contribution in [0.3, 0.4) is 0 Å². The third-order valence-electron chi connectivity index (χ3n) is 2.38. The summed E-state index contributed by atoms with van der Waals surface area (Å²) in [6, 6.07) is 12.9. The summed E-state index contributed by atoms with van der Waals surface area (Å²) in [5.41, 5.74) is 3.34. The molecule has 0 aliphatic heterocycles. The van der Waals surface area contributed by atoms with E-state index in [1.165, 1.54) is 18.3 Å². The van der Waals surface area contributed by atoms with E-state index in [9.17, 15) is 9.59 Å². The number of hydroxylamine groups is 1. The molecule has 0 saturated heterocycles. The van der Waals surface area contributed by atoms with E-state index in [1.807, 2.05) is 30.3 Å². The molecule has 2 amide bonds. The Balaban J connectivity index is 1.83. The van der Waals surface area contributed by atoms with E-state index < -0.39 is 0 Å². The van der Waals surface area contributed by atoms with E-state index in [4.69, 9.17) is 4.84 Å². The molecule has 1 aromatic carbocycles. The lowest BCUT2D eigenvalue weighted by atomic mass is 10.2. The average molecular weight is 290 g/mol. The molecule has 2 rings (SSSR count). The van der Waals surface area contributed by atoms with Crippen LogP contribution in [-0.2, 0) is 16.2 Å². The van der Waals surface area contributed by atoms with Gasteiger partial charge in [-0.3, -0.25) is 14.4 Å². The van der Waals surface area contributed by atoms with E-state index in [0.29, 0.717) is 16.5 Å². The summed E-state index contributed by atoms with van der Waals surface area (Å²) in [6.45, 7) is 1.72. The first kappa shape index (κ1) is 14.2. The number of carbonyl (C=O) groups excluding carboxylic acids is 2. The first-order valence-electron chi connectivity index (χ1n) is 5.98. The third kappa shape index (κ3) is 4.18. The highest BCUT2D eigenvalue weighted by Gasteiger charge is 2.09. The zero-order valence-electron chi connectivity index (χ0n) is 10.9. The smallest absolute Gasteiger partial charge is 0.284 e. The van der Waals surface area contributed by atoms with Gasteiger partial charge in [-0.05, 0) is 17.7 Å². The predicted molar refractivity (Wildman–Crippen MR) is 77.3 cm³/mol. The van der Waals surface area contributed by atoms with Gasteiger partial charge in [-0.1, -0.05) is 30.3 Å². The monoisotopic (exact) mass is 290 g/mol. The van der Waals surface area contributed by atoms with Crippen molar-refractivity contribution in [3.05, 3.63) is 52.9 Å². The number of hydrogen-bond acceptors (Lipinski definition) is 4. The molecular formula is C14H14N2O3S. The highest BCUT2D eigenvalue weighted by Crippen LogP contribution is 2.21. The number of rotatable bonds is 5. The van der Waals surface area contributed by atoms with Crippen LogP contribution in [0.25, 0.3) is 0 Å². The van der Waals surface area contributed by atoms with Gasteiger partial charge in [0.05, 0.1) is 16.5 Å². The van der Waals surface area contributed by atoms with Crippen molar-refractivity contribution in [3.8, 4) is 0 Å². The second-order valence-corrected chi connectivity index (χ2v) is 5.13. The summed E-state index contributed by atoms with van der Waals surface area (Å²) < 4.78 is 0. The summed E-state index contributed by atoms with van der Waals surface area (Å²) in [5, 5.41) is 3.25. The second kappa shape index (κ2) is 6.83. The van der Waals surface area contributed by atoms with Gasteiger partial charge in [0.1, 0.15) is 0 Å². The minimum Gasteiger partial charge on any atom is -0.318 e. The van der Waals surface area contributed by atoms with Crippen LogP contribution >= 0.6 is 11.3 Å². The van der Waals surface area contributed by atoms with Gasteiger partial charge in [-0.25, -0.2) is 5.48 Å². The summed E-state index contributed by atoms with van der Waals surface area (Å²) >= 11 is 1.19. The number of anilines is 1. The first-order valence-corrected chi connectivity index (χ1v) is 6.80. The molecule has 0 aliphatic rings. The number of nitrogens with one attached hydrogen (secondary N) is 2. The summed E-state index contributed by atoms with van der Waals surface area (Å²) in [6.07, 6.45) is 0. The van der Waals surface area contributed by atoms with Crippen molar-refractivity contribution < 1.29 is 14.4 Å². The lowest BCUT2D eigenvalue weighted by Gasteiger charge is -2.04. The Morgan fingerprint density at radius 2 is 1.90 bits per heavy atom. The van der Waals surface area contributed by atoms with Crippen LogP contribution in [0.1, 0.15) is 22.2 Å². The van der Waals surface area contributed by atoms with Gasteiger partial charge in [0.15, 0.2) is 0 Å². The Morgan fingerprint density at radius 3 is 2.60 bits per heavy atom. The van der Waals surface area contributed by atoms with Crippen LogP contribution < -0.4 is 10.8 Å². The van der Waals surface area contributed by atoms with Crippen LogP contribution in [0.15, 0.2) is 42.5 Å². The Kier molecular flexibility index (Phi) is 4.86. The second-order valence-electron chi connectivity index (χ2n) is 4.05. The molecule has 1 aromatic heterocycles. The molecular weight excluding hydrogens is 276 g/mol. The minimum atomic E-state index is -0.331. The van der Waals surface area contributed by atoms with Crippen molar-refractivity contribution >= 4 is 28.2 Å². The predicted octanol–water partition coefficient (Wildman–Crippen LogP) is 2.57. The fourth-order valence-corrected chi connectivity index (χ4v) is 2.35. The summed E-state index contributed by atoms with van der Waals surface area (Å²) in [7, 11) is 0. The molecule has 104 valence electrons. The molecule has 20 heavy (non-hydrogen) atoms. The fraction of sp³-hybridized carbons (Fsp3) is 0.143. The number of amides is 2. The van der Waals surface area contributed by atoms with Crippen LogP contribution in [0.2, 0.25) is 0 Å². The lowest BCUT2D eigenvalue weighted by Crippen LogP contribution is -2.22. The number of carbonyl (C=O) groups is 2. The van der Waals surface area contributed by atoms with Gasteiger partial charge in [0.25, 0.3) is 5.91 Å². The maximum atomic E-state index is 11.8. The van der Waals surface area contributed by atoms with E-state index in [-0.39, 0.29) is 11.8 Å². The standard InChI is InChI=1S/C14H14N2O3S/c1-10(17)15-13-8-7-12(20-13)14(18)16-19-9-11-5-3-2-4-6-11/h2-8H,9H2,1H3,(H,15,17)(H,16,18). The number of benzene rings is 1. The molecule has 0 fully saturated rings. The van der Waals surface area contributed by atoms with E-state index in [0.717, 1.165) is 5.56 Å². The molecule has 2 N–H and O–H groups in total. The van der Waals surface area contributed by atoms with Gasteiger partial charge in [0, 0.05) is 6.92 Å². The van der Waals surface area contributed by atoms with Gasteiger partial charge in [0.2, 0.25) is 5.91 Å². The quantitative estimate of drug-likeness (QED) is 0.832. The van der Waals surface area contributed by atoms with E-state index in [1.54, 1.807) is 12.1 Å². The normalized spacial score (nSPS) is 10.1. The van der Waals surface area contributed by atoms with Crippen LogP contribution in [0, 0.1) is 0 Å². The molecule has 6 heteroatoms. The molecule has 5 nitrogen and oxygen atoms in total. The molecule has 2 aromatic rings. The van der Waals surface area contributed by atoms with Crippen molar-refractivity contribution in [2.24, 2.45) is 0 Å². The van der Waals surface area contributed by atoms with E-state index >= 15 is 0 Å². The summed E-state index contributed by atoms with van der Waals surface area (Å²) in [4.78, 5) is 28.3. The molecule has 0 aliphatic carbocycles. The topological polar surface area (TPSA) is 67.4 Å². The van der Waals surface area contributed by atoms with Gasteiger partial charge in [-0.15, -0.1) is 11.3 Å². The highest BCUT2D eigenvalue weighted by atomic mass is 32.1. The zero-order chi connectivity index (χ0) is 14.4.